The summed E-state index contributed by atoms with van der Waals surface area (Å²) in [6, 6.07) is 3.12. The molecule has 1 amide bonds. The number of anilines is 1. The third-order valence-corrected chi connectivity index (χ3v) is 3.35. The van der Waals surface area contributed by atoms with Gasteiger partial charge in [0.15, 0.2) is 6.10 Å². The van der Waals surface area contributed by atoms with Crippen LogP contribution in [0.1, 0.15) is 25.3 Å². The third-order valence-electron chi connectivity index (χ3n) is 3.35. The van der Waals surface area contributed by atoms with E-state index in [1.165, 1.54) is 6.07 Å². The van der Waals surface area contributed by atoms with Crippen LogP contribution in [-0.2, 0) is 14.3 Å². The number of alkyl halides is 2. The molecule has 10 nitrogen and oxygen atoms in total. The lowest BCUT2D eigenvalue weighted by Crippen LogP contribution is -2.44. The lowest BCUT2D eigenvalue weighted by Gasteiger charge is -2.26. The van der Waals surface area contributed by atoms with Gasteiger partial charge in [0, 0.05) is 18.7 Å². The molecule has 28 heavy (non-hydrogen) atoms. The Morgan fingerprint density at radius 3 is 2.36 bits per heavy atom. The highest BCUT2D eigenvalue weighted by Gasteiger charge is 2.32. The summed E-state index contributed by atoms with van der Waals surface area (Å²) in [6.45, 7) is 1.14. The molecule has 0 aromatic heterocycles. The largest absolute Gasteiger partial charge is 0.479 e. The van der Waals surface area contributed by atoms with Gasteiger partial charge in [-0.05, 0) is 25.1 Å². The molecule has 0 aliphatic rings. The van der Waals surface area contributed by atoms with Crippen molar-refractivity contribution in [1.29, 1.82) is 0 Å². The second kappa shape index (κ2) is 10.8. The summed E-state index contributed by atoms with van der Waals surface area (Å²) >= 11 is 0. The Balaban J connectivity index is 3.08. The van der Waals surface area contributed by atoms with Gasteiger partial charge in [0.1, 0.15) is 5.75 Å². The maximum atomic E-state index is 13.4. The van der Waals surface area contributed by atoms with Crippen LogP contribution in [0.2, 0.25) is 0 Å². The summed E-state index contributed by atoms with van der Waals surface area (Å²) in [7, 11) is 0. The number of aliphatic carboxylic acids is 1. The Labute approximate surface area is 158 Å². The molecule has 0 spiro atoms. The molecule has 0 heterocycles. The first-order chi connectivity index (χ1) is 13.1. The first-order valence-electron chi connectivity index (χ1n) is 8.08. The monoisotopic (exact) mass is 408 g/mol. The molecule has 1 rings (SSSR count). The first kappa shape index (κ1) is 23.7. The van der Waals surface area contributed by atoms with Crippen molar-refractivity contribution < 1.29 is 48.3 Å². The fourth-order valence-corrected chi connectivity index (χ4v) is 2.07. The van der Waals surface area contributed by atoms with Crippen LogP contribution in [0.3, 0.4) is 0 Å². The predicted molar refractivity (Wildman–Crippen MR) is 90.5 cm³/mol. The lowest BCUT2D eigenvalue weighted by atomic mass is 10.1. The Bertz CT molecular complexity index is 672. The molecule has 7 N–H and O–H groups in total. The van der Waals surface area contributed by atoms with E-state index in [1.807, 2.05) is 0 Å². The van der Waals surface area contributed by atoms with E-state index in [-0.39, 0.29) is 18.7 Å². The standard InChI is InChI=1S/C16H22F2N2O8/c1-7(21)12(14(23)24)28-16(15(25)26)27-10-3-2-8(6-9(10)13(17)18)20-11(22)4-5-19/h2-3,6-7,12-13,15-16,21,25-26H,4-5,19H2,1H3,(H,20,22)(H,23,24). The van der Waals surface area contributed by atoms with E-state index in [2.05, 4.69) is 5.32 Å². The molecule has 0 saturated heterocycles. The number of aliphatic hydroxyl groups excluding tert-OH is 2. The Morgan fingerprint density at radius 1 is 1.25 bits per heavy atom. The van der Waals surface area contributed by atoms with Crippen molar-refractivity contribution in [2.24, 2.45) is 5.73 Å². The number of amides is 1. The van der Waals surface area contributed by atoms with Crippen LogP contribution >= 0.6 is 0 Å². The van der Waals surface area contributed by atoms with Crippen LogP contribution in [-0.4, -0.2) is 63.6 Å². The van der Waals surface area contributed by atoms with Crippen molar-refractivity contribution in [2.45, 2.75) is 44.6 Å². The predicted octanol–water partition coefficient (Wildman–Crippen LogP) is -0.222. The normalized spacial score (nSPS) is 14.6. The highest BCUT2D eigenvalue weighted by atomic mass is 19.3. The third kappa shape index (κ3) is 6.98. The number of hydrogen-bond acceptors (Lipinski definition) is 8. The summed E-state index contributed by atoms with van der Waals surface area (Å²) < 4.78 is 36.5. The number of rotatable bonds is 11. The van der Waals surface area contributed by atoms with Gasteiger partial charge in [-0.25, -0.2) is 13.6 Å². The fourth-order valence-electron chi connectivity index (χ4n) is 2.07. The molecular weight excluding hydrogens is 386 g/mol. The van der Waals surface area contributed by atoms with E-state index in [9.17, 15) is 33.7 Å². The summed E-state index contributed by atoms with van der Waals surface area (Å²) in [6.07, 6.45) is -11.1. The molecule has 3 atom stereocenters. The van der Waals surface area contributed by atoms with Crippen LogP contribution in [0.25, 0.3) is 0 Å². The molecule has 12 heteroatoms. The van der Waals surface area contributed by atoms with E-state index in [0.29, 0.717) is 0 Å². The number of carbonyl (C=O) groups excluding carboxylic acids is 1. The molecule has 0 radical (unpaired) electrons. The van der Waals surface area contributed by atoms with Gasteiger partial charge >= 0.3 is 5.97 Å². The maximum Gasteiger partial charge on any atom is 0.335 e. The molecule has 1 aromatic carbocycles. The van der Waals surface area contributed by atoms with Gasteiger partial charge in [0.05, 0.1) is 11.7 Å². The highest BCUT2D eigenvalue weighted by Crippen LogP contribution is 2.33. The molecule has 0 bridgehead atoms. The molecule has 1 aromatic rings. The van der Waals surface area contributed by atoms with E-state index in [0.717, 1.165) is 19.1 Å². The van der Waals surface area contributed by atoms with Gasteiger partial charge in [0.2, 0.25) is 12.2 Å². The number of hydrogen-bond donors (Lipinski definition) is 6. The zero-order chi connectivity index (χ0) is 21.4. The quantitative estimate of drug-likeness (QED) is 0.271. The molecule has 0 fully saturated rings. The maximum absolute atomic E-state index is 13.4. The Kier molecular flexibility index (Phi) is 9.15. The Hall–Kier alpha value is -2.38. The molecule has 0 saturated carbocycles. The fraction of sp³-hybridized carbons (Fsp3) is 0.500. The van der Waals surface area contributed by atoms with E-state index in [4.69, 9.17) is 20.3 Å². The average molecular weight is 408 g/mol. The molecule has 0 aliphatic heterocycles. The lowest BCUT2D eigenvalue weighted by molar-refractivity contribution is -0.247. The summed E-state index contributed by atoms with van der Waals surface area (Å²) in [4.78, 5) is 22.6. The van der Waals surface area contributed by atoms with Crippen LogP contribution < -0.4 is 15.8 Å². The van der Waals surface area contributed by atoms with E-state index >= 15 is 0 Å². The minimum atomic E-state index is -3.08. The number of carbonyl (C=O) groups is 2. The Morgan fingerprint density at radius 2 is 1.89 bits per heavy atom. The number of nitrogens with one attached hydrogen (secondary N) is 1. The van der Waals surface area contributed by atoms with Gasteiger partial charge < -0.3 is 41.0 Å². The number of carboxylic acids is 1. The van der Waals surface area contributed by atoms with Gasteiger partial charge in [-0.3, -0.25) is 4.79 Å². The number of ether oxygens (including phenoxy) is 2. The van der Waals surface area contributed by atoms with Crippen LogP contribution in [0.4, 0.5) is 14.5 Å². The number of nitrogens with two attached hydrogens (primary N) is 1. The number of halogens is 2. The van der Waals surface area contributed by atoms with Gasteiger partial charge in [-0.15, -0.1) is 0 Å². The van der Waals surface area contributed by atoms with Crippen molar-refractivity contribution >= 4 is 17.6 Å². The van der Waals surface area contributed by atoms with Crippen molar-refractivity contribution in [3.8, 4) is 5.75 Å². The van der Waals surface area contributed by atoms with Gasteiger partial charge in [-0.1, -0.05) is 0 Å². The zero-order valence-electron chi connectivity index (χ0n) is 14.8. The topological polar surface area (TPSA) is 172 Å². The number of benzene rings is 1. The molecular formula is C16H22F2N2O8. The zero-order valence-corrected chi connectivity index (χ0v) is 14.8. The number of aliphatic hydroxyl groups is 3. The minimum absolute atomic E-state index is 0.0230. The smallest absolute Gasteiger partial charge is 0.335 e. The highest BCUT2D eigenvalue weighted by molar-refractivity contribution is 5.91. The summed E-state index contributed by atoms with van der Waals surface area (Å²) in [5, 5.41) is 39.4. The molecule has 0 aliphatic carbocycles. The molecule has 158 valence electrons. The van der Waals surface area contributed by atoms with Gasteiger partial charge in [0.25, 0.3) is 12.7 Å². The van der Waals surface area contributed by atoms with E-state index in [1.54, 1.807) is 0 Å². The second-order valence-electron chi connectivity index (χ2n) is 5.68. The van der Waals surface area contributed by atoms with Crippen LogP contribution in [0, 0.1) is 0 Å². The van der Waals surface area contributed by atoms with Crippen molar-refractivity contribution in [3.05, 3.63) is 23.8 Å². The number of carboxylic acid groups (broad SMARTS) is 1. The summed E-state index contributed by atoms with van der Waals surface area (Å²) in [5.74, 6) is -2.67. The van der Waals surface area contributed by atoms with Crippen molar-refractivity contribution in [1.82, 2.24) is 0 Å². The first-order valence-corrected chi connectivity index (χ1v) is 8.08. The molecule has 3 unspecified atom stereocenters. The van der Waals surface area contributed by atoms with Crippen LogP contribution in [0.15, 0.2) is 18.2 Å². The average Bonchev–Trinajstić information content (AvgIpc) is 2.58. The van der Waals surface area contributed by atoms with Crippen molar-refractivity contribution in [2.75, 3.05) is 11.9 Å². The van der Waals surface area contributed by atoms with Crippen molar-refractivity contribution in [3.63, 3.8) is 0 Å². The SMILES string of the molecule is CC(O)C(OC(Oc1ccc(NC(=O)CCN)cc1C(F)F)C(O)O)C(=O)O. The van der Waals surface area contributed by atoms with Gasteiger partial charge in [-0.2, -0.15) is 0 Å². The van der Waals surface area contributed by atoms with Crippen LogP contribution in [0.5, 0.6) is 5.75 Å². The van der Waals surface area contributed by atoms with E-state index < -0.39 is 54.4 Å². The summed E-state index contributed by atoms with van der Waals surface area (Å²) in [5.41, 5.74) is 4.53. The minimum Gasteiger partial charge on any atom is -0.479 e. The second-order valence-corrected chi connectivity index (χ2v) is 5.68.